The van der Waals surface area contributed by atoms with Gasteiger partial charge in [0.25, 0.3) is 0 Å². The van der Waals surface area contributed by atoms with Crippen molar-refractivity contribution in [1.82, 2.24) is 10.2 Å². The maximum Gasteiger partial charge on any atom is 0.318 e. The summed E-state index contributed by atoms with van der Waals surface area (Å²) in [6.07, 6.45) is 10.4. The van der Waals surface area contributed by atoms with E-state index in [9.17, 15) is 9.90 Å². The number of nitrogens with one attached hydrogen (secondary N) is 1. The van der Waals surface area contributed by atoms with Gasteiger partial charge in [-0.15, -0.1) is 0 Å². The van der Waals surface area contributed by atoms with Crippen LogP contribution in [-0.2, 0) is 0 Å². The predicted molar refractivity (Wildman–Crippen MR) is 83.3 cm³/mol. The Bertz CT molecular complexity index is 438. The Morgan fingerprint density at radius 1 is 0.864 bits per heavy atom. The van der Waals surface area contributed by atoms with Crippen LogP contribution in [0, 0.1) is 23.7 Å². The molecule has 0 aromatic heterocycles. The Hall–Kier alpha value is -0.770. The van der Waals surface area contributed by atoms with E-state index in [4.69, 9.17) is 0 Å². The molecule has 4 saturated carbocycles. The zero-order valence-corrected chi connectivity index (χ0v) is 13.3. The topological polar surface area (TPSA) is 52.6 Å². The molecule has 6 fully saturated rings. The third-order valence-corrected chi connectivity index (χ3v) is 7.46. The van der Waals surface area contributed by atoms with Gasteiger partial charge in [-0.3, -0.25) is 0 Å². The van der Waals surface area contributed by atoms with Crippen LogP contribution in [0.3, 0.4) is 0 Å². The molecule has 0 aromatic rings. The van der Waals surface area contributed by atoms with Crippen LogP contribution >= 0.6 is 0 Å². The highest BCUT2D eigenvalue weighted by Gasteiger charge is 2.50. The van der Waals surface area contributed by atoms with E-state index in [0.29, 0.717) is 6.04 Å². The highest BCUT2D eigenvalue weighted by Crippen LogP contribution is 2.53. The van der Waals surface area contributed by atoms with Gasteiger partial charge < -0.3 is 15.3 Å². The maximum absolute atomic E-state index is 12.9. The first-order valence-corrected chi connectivity index (χ1v) is 9.44. The fraction of sp³-hybridized carbons (Fsp3) is 0.944. The lowest BCUT2D eigenvalue weighted by Gasteiger charge is -2.54. The molecular weight excluding hydrogens is 276 g/mol. The van der Waals surface area contributed by atoms with E-state index < -0.39 is 0 Å². The van der Waals surface area contributed by atoms with E-state index in [1.807, 2.05) is 0 Å². The third-order valence-electron chi connectivity index (χ3n) is 7.46. The van der Waals surface area contributed by atoms with Gasteiger partial charge in [0.2, 0.25) is 0 Å². The molecule has 2 N–H and O–H groups in total. The second kappa shape index (κ2) is 4.86. The molecular formula is C18H28N2O2. The predicted octanol–water partition coefficient (Wildman–Crippen LogP) is 2.51. The summed E-state index contributed by atoms with van der Waals surface area (Å²) < 4.78 is 0. The van der Waals surface area contributed by atoms with Crippen molar-refractivity contribution in [2.45, 2.75) is 82.0 Å². The lowest BCUT2D eigenvalue weighted by Crippen LogP contribution is -2.60. The first-order valence-electron chi connectivity index (χ1n) is 9.44. The highest BCUT2D eigenvalue weighted by atomic mass is 16.3. The fourth-order valence-corrected chi connectivity index (χ4v) is 6.86. The number of rotatable bonds is 1. The van der Waals surface area contributed by atoms with Crippen molar-refractivity contribution in [2.75, 3.05) is 0 Å². The summed E-state index contributed by atoms with van der Waals surface area (Å²) in [5.41, 5.74) is 0. The molecule has 4 heteroatoms. The fourth-order valence-electron chi connectivity index (χ4n) is 6.86. The van der Waals surface area contributed by atoms with E-state index in [2.05, 4.69) is 10.2 Å². The number of hydrogen-bond acceptors (Lipinski definition) is 2. The highest BCUT2D eigenvalue weighted by molar-refractivity contribution is 5.76. The molecule has 4 nitrogen and oxygen atoms in total. The van der Waals surface area contributed by atoms with Crippen molar-refractivity contribution < 1.29 is 9.90 Å². The van der Waals surface area contributed by atoms with Gasteiger partial charge in [0.1, 0.15) is 0 Å². The van der Waals surface area contributed by atoms with E-state index in [1.165, 1.54) is 32.1 Å². The minimum atomic E-state index is -0.192. The number of urea groups is 1. The van der Waals surface area contributed by atoms with Crippen LogP contribution in [0.25, 0.3) is 0 Å². The first kappa shape index (κ1) is 13.6. The van der Waals surface area contributed by atoms with Crippen molar-refractivity contribution in [3.05, 3.63) is 0 Å². The monoisotopic (exact) mass is 304 g/mol. The maximum atomic E-state index is 12.9. The van der Waals surface area contributed by atoms with E-state index in [1.54, 1.807) is 0 Å². The van der Waals surface area contributed by atoms with Crippen molar-refractivity contribution in [3.63, 3.8) is 0 Å². The minimum absolute atomic E-state index is 0.178. The molecule has 6 aliphatic rings. The van der Waals surface area contributed by atoms with Crippen LogP contribution in [0.5, 0.6) is 0 Å². The van der Waals surface area contributed by atoms with Crippen LogP contribution in [0.1, 0.15) is 57.8 Å². The van der Waals surface area contributed by atoms with Crippen molar-refractivity contribution in [1.29, 1.82) is 0 Å². The van der Waals surface area contributed by atoms with Crippen LogP contribution in [-0.4, -0.2) is 40.3 Å². The van der Waals surface area contributed by atoms with E-state index in [-0.39, 0.29) is 24.2 Å². The summed E-state index contributed by atoms with van der Waals surface area (Å²) in [7, 11) is 0. The lowest BCUT2D eigenvalue weighted by molar-refractivity contribution is -0.0139. The van der Waals surface area contributed by atoms with Crippen LogP contribution in [0.2, 0.25) is 0 Å². The summed E-state index contributed by atoms with van der Waals surface area (Å²) in [5, 5.41) is 13.4. The number of piperidine rings is 1. The average Bonchev–Trinajstić information content (AvgIpc) is 2.74. The van der Waals surface area contributed by atoms with Gasteiger partial charge in [-0.05, 0) is 81.5 Å². The smallest absolute Gasteiger partial charge is 0.318 e. The number of aliphatic hydroxyl groups is 1. The number of carbonyl (C=O) groups is 1. The van der Waals surface area contributed by atoms with Gasteiger partial charge in [0.15, 0.2) is 0 Å². The standard InChI is InChI=1S/C18H28N2O2/c21-16-8-14-1-2-15(9-16)20(14)18(22)19-17-12-4-10-3-11(6-12)7-13(17)5-10/h10-17,21H,1-9H2,(H,19,22). The molecule has 2 unspecified atom stereocenters. The molecule has 2 saturated heterocycles. The molecule has 22 heavy (non-hydrogen) atoms. The second-order valence-electron chi connectivity index (χ2n) is 8.82. The normalized spacial score (nSPS) is 52.1. The van der Waals surface area contributed by atoms with Gasteiger partial charge >= 0.3 is 6.03 Å². The second-order valence-corrected chi connectivity index (χ2v) is 8.82. The Morgan fingerprint density at radius 3 is 1.95 bits per heavy atom. The molecule has 6 rings (SSSR count). The number of hydrogen-bond donors (Lipinski definition) is 2. The number of nitrogens with zero attached hydrogens (tertiary/aromatic N) is 1. The SMILES string of the molecule is O=C(NC1C2CC3CC(C2)CC1C3)N1C2CCC1CC(O)C2. The van der Waals surface area contributed by atoms with Gasteiger partial charge in [-0.2, -0.15) is 0 Å². The summed E-state index contributed by atoms with van der Waals surface area (Å²) in [6, 6.07) is 1.18. The molecule has 122 valence electrons. The van der Waals surface area contributed by atoms with Crippen LogP contribution in [0.4, 0.5) is 4.79 Å². The number of fused-ring (bicyclic) bond motifs is 2. The Balaban J connectivity index is 1.29. The molecule has 6 bridgehead atoms. The van der Waals surface area contributed by atoms with Gasteiger partial charge in [0, 0.05) is 18.1 Å². The van der Waals surface area contributed by atoms with Crippen LogP contribution < -0.4 is 5.32 Å². The Labute approximate surface area is 132 Å². The van der Waals surface area contributed by atoms with Crippen molar-refractivity contribution in [3.8, 4) is 0 Å². The van der Waals surface area contributed by atoms with Crippen molar-refractivity contribution in [2.24, 2.45) is 23.7 Å². The van der Waals surface area contributed by atoms with E-state index in [0.717, 1.165) is 49.4 Å². The summed E-state index contributed by atoms with van der Waals surface area (Å²) >= 11 is 0. The summed E-state index contributed by atoms with van der Waals surface area (Å²) in [5.74, 6) is 3.40. The van der Waals surface area contributed by atoms with Gasteiger partial charge in [-0.25, -0.2) is 4.79 Å². The lowest BCUT2D eigenvalue weighted by atomic mass is 9.54. The zero-order chi connectivity index (χ0) is 14.8. The molecule has 4 aliphatic carbocycles. The molecule has 0 aromatic carbocycles. The Morgan fingerprint density at radius 2 is 1.41 bits per heavy atom. The molecule has 2 atom stereocenters. The van der Waals surface area contributed by atoms with Crippen LogP contribution in [0.15, 0.2) is 0 Å². The zero-order valence-electron chi connectivity index (χ0n) is 13.3. The van der Waals surface area contributed by atoms with Gasteiger partial charge in [-0.1, -0.05) is 0 Å². The summed E-state index contributed by atoms with van der Waals surface area (Å²) in [6.45, 7) is 0. The van der Waals surface area contributed by atoms with Crippen molar-refractivity contribution >= 4 is 6.03 Å². The largest absolute Gasteiger partial charge is 0.393 e. The molecule has 2 heterocycles. The average molecular weight is 304 g/mol. The quantitative estimate of drug-likeness (QED) is 0.782. The molecule has 0 radical (unpaired) electrons. The molecule has 0 spiro atoms. The number of carbonyl (C=O) groups excluding carboxylic acids is 1. The number of aliphatic hydroxyl groups excluding tert-OH is 1. The van der Waals surface area contributed by atoms with Gasteiger partial charge in [0.05, 0.1) is 6.10 Å². The first-order chi connectivity index (χ1) is 10.7. The summed E-state index contributed by atoms with van der Waals surface area (Å²) in [4.78, 5) is 15.0. The number of amides is 2. The van der Waals surface area contributed by atoms with E-state index >= 15 is 0 Å². The minimum Gasteiger partial charge on any atom is -0.393 e. The Kier molecular flexibility index (Phi) is 3.02. The molecule has 2 amide bonds. The molecule has 2 aliphatic heterocycles. The third kappa shape index (κ3) is 2.02.